The summed E-state index contributed by atoms with van der Waals surface area (Å²) in [7, 11) is 2.26. The molecular weight excluding hydrogens is 223 g/mol. The van der Waals surface area contributed by atoms with Crippen molar-refractivity contribution >= 4 is 12.7 Å². The van der Waals surface area contributed by atoms with Crippen molar-refractivity contribution in [1.29, 1.82) is 0 Å². The zero-order chi connectivity index (χ0) is 11.2. The van der Waals surface area contributed by atoms with E-state index in [0.717, 1.165) is 12.7 Å². The van der Waals surface area contributed by atoms with Crippen molar-refractivity contribution in [2.75, 3.05) is 0 Å². The first-order valence-corrected chi connectivity index (χ1v) is 5.84. The molecule has 0 aromatic heterocycles. The lowest BCUT2D eigenvalue weighted by molar-refractivity contribution is 0.823. The molecule has 0 saturated carbocycles. The van der Waals surface area contributed by atoms with E-state index in [1.807, 2.05) is 6.07 Å². The molecule has 2 aromatic carbocycles. The van der Waals surface area contributed by atoms with Gasteiger partial charge >= 0.3 is 0 Å². The predicted molar refractivity (Wildman–Crippen MR) is 78.6 cm³/mol. The van der Waals surface area contributed by atoms with E-state index in [1.54, 1.807) is 0 Å². The Labute approximate surface area is 110 Å². The summed E-state index contributed by atoms with van der Waals surface area (Å²) in [4.78, 5) is 0. The third-order valence-electron chi connectivity index (χ3n) is 2.80. The Hall–Kier alpha value is -1.58. The van der Waals surface area contributed by atoms with E-state index in [1.165, 1.54) is 16.6 Å². The van der Waals surface area contributed by atoms with Crippen molar-refractivity contribution in [1.82, 2.24) is 0 Å². The average Bonchev–Trinajstić information content (AvgIpc) is 2.38. The Balaban J connectivity index is 0.00000144. The molecule has 0 saturated heterocycles. The Bertz CT molecular complexity index is 426. The van der Waals surface area contributed by atoms with Gasteiger partial charge in [0.15, 0.2) is 7.28 Å². The van der Waals surface area contributed by atoms with Crippen LogP contribution in [0, 0.1) is 0 Å². The van der Waals surface area contributed by atoms with Crippen molar-refractivity contribution in [3.05, 3.63) is 65.7 Å². The summed E-state index contributed by atoms with van der Waals surface area (Å²) in [6.07, 6.45) is 2.12. The van der Waals surface area contributed by atoms with Gasteiger partial charge in [0, 0.05) is 0 Å². The normalized spacial score (nSPS) is 8.94. The number of hydrogen-bond donors (Lipinski definition) is 0. The van der Waals surface area contributed by atoms with Gasteiger partial charge in [0.1, 0.15) is 0 Å². The molecular formula is C15H20BO2. The molecule has 0 aliphatic carbocycles. The van der Waals surface area contributed by atoms with Crippen molar-refractivity contribution in [3.8, 4) is 0 Å². The largest absolute Gasteiger partial charge is 0.412 e. The molecule has 2 rings (SSSR count). The highest BCUT2D eigenvalue weighted by atomic mass is 16.0. The van der Waals surface area contributed by atoms with E-state index in [-0.39, 0.29) is 11.0 Å². The smallest absolute Gasteiger partial charge is 0.156 e. The van der Waals surface area contributed by atoms with Gasteiger partial charge < -0.3 is 11.0 Å². The summed E-state index contributed by atoms with van der Waals surface area (Å²) in [6, 6.07) is 19.4. The number of rotatable bonds is 4. The molecule has 0 aliphatic heterocycles. The van der Waals surface area contributed by atoms with Crippen LogP contribution in [0.5, 0.6) is 0 Å². The third kappa shape index (κ3) is 4.74. The molecule has 0 bridgehead atoms. The molecule has 2 aromatic rings. The fourth-order valence-electron chi connectivity index (χ4n) is 1.74. The van der Waals surface area contributed by atoms with E-state index < -0.39 is 0 Å². The lowest BCUT2D eigenvalue weighted by Crippen LogP contribution is -2.15. The van der Waals surface area contributed by atoms with Crippen molar-refractivity contribution < 1.29 is 11.0 Å². The molecule has 1 radical (unpaired) electrons. The first kappa shape index (κ1) is 16.4. The molecule has 4 N–H and O–H groups in total. The lowest BCUT2D eigenvalue weighted by Gasteiger charge is -2.02. The van der Waals surface area contributed by atoms with Crippen LogP contribution in [0.2, 0.25) is 0 Å². The highest BCUT2D eigenvalue weighted by molar-refractivity contribution is 6.52. The summed E-state index contributed by atoms with van der Waals surface area (Å²) < 4.78 is 0. The van der Waals surface area contributed by atoms with Gasteiger partial charge in [-0.1, -0.05) is 72.5 Å². The van der Waals surface area contributed by atoms with Gasteiger partial charge in [-0.05, 0) is 18.3 Å². The fraction of sp³-hybridized carbons (Fsp3) is 0.200. The monoisotopic (exact) mass is 243 g/mol. The van der Waals surface area contributed by atoms with E-state index in [2.05, 4.69) is 62.7 Å². The van der Waals surface area contributed by atoms with Crippen LogP contribution in [0.25, 0.3) is 0 Å². The van der Waals surface area contributed by atoms with Crippen molar-refractivity contribution in [3.63, 3.8) is 0 Å². The molecule has 0 heterocycles. The SMILES string of the molecule is CCc1ccc(C[B]c2ccccc2)cc1.O.O. The van der Waals surface area contributed by atoms with Gasteiger partial charge in [0.25, 0.3) is 0 Å². The van der Waals surface area contributed by atoms with E-state index in [9.17, 15) is 0 Å². The maximum absolute atomic E-state index is 2.26. The topological polar surface area (TPSA) is 63.0 Å². The number of aryl methyl sites for hydroxylation is 1. The first-order valence-electron chi connectivity index (χ1n) is 5.84. The first-order chi connectivity index (χ1) is 7.88. The minimum atomic E-state index is 0. The van der Waals surface area contributed by atoms with Crippen LogP contribution < -0.4 is 5.46 Å². The maximum Gasteiger partial charge on any atom is 0.156 e. The summed E-state index contributed by atoms with van der Waals surface area (Å²) in [5.74, 6) is 0. The van der Waals surface area contributed by atoms with Gasteiger partial charge in [0.2, 0.25) is 0 Å². The highest BCUT2D eigenvalue weighted by Gasteiger charge is 1.97. The van der Waals surface area contributed by atoms with Gasteiger partial charge in [-0.25, -0.2) is 0 Å². The maximum atomic E-state index is 2.26. The Morgan fingerprint density at radius 1 is 0.778 bits per heavy atom. The Morgan fingerprint density at radius 3 is 1.89 bits per heavy atom. The van der Waals surface area contributed by atoms with Gasteiger partial charge in [-0.15, -0.1) is 0 Å². The Kier molecular flexibility index (Phi) is 7.76. The summed E-state index contributed by atoms with van der Waals surface area (Å²) in [5, 5.41) is 0. The second kappa shape index (κ2) is 8.51. The highest BCUT2D eigenvalue weighted by Crippen LogP contribution is 2.05. The van der Waals surface area contributed by atoms with E-state index in [4.69, 9.17) is 0 Å². The van der Waals surface area contributed by atoms with Crippen LogP contribution >= 0.6 is 0 Å². The van der Waals surface area contributed by atoms with E-state index >= 15 is 0 Å². The molecule has 18 heavy (non-hydrogen) atoms. The molecule has 95 valence electrons. The molecule has 0 unspecified atom stereocenters. The second-order valence-corrected chi connectivity index (χ2v) is 3.99. The molecule has 0 spiro atoms. The Morgan fingerprint density at radius 2 is 1.33 bits per heavy atom. The van der Waals surface area contributed by atoms with Crippen molar-refractivity contribution in [2.24, 2.45) is 0 Å². The van der Waals surface area contributed by atoms with Crippen LogP contribution in [0.4, 0.5) is 0 Å². The molecule has 2 nitrogen and oxygen atoms in total. The van der Waals surface area contributed by atoms with Gasteiger partial charge in [0.05, 0.1) is 0 Å². The molecule has 0 fully saturated rings. The zero-order valence-electron chi connectivity index (χ0n) is 10.7. The van der Waals surface area contributed by atoms with Gasteiger partial charge in [-0.2, -0.15) is 0 Å². The van der Waals surface area contributed by atoms with Crippen LogP contribution in [0.3, 0.4) is 0 Å². The molecule has 0 aliphatic rings. The van der Waals surface area contributed by atoms with Gasteiger partial charge in [-0.3, -0.25) is 0 Å². The predicted octanol–water partition coefficient (Wildman–Crippen LogP) is 1.13. The lowest BCUT2D eigenvalue weighted by atomic mass is 9.65. The van der Waals surface area contributed by atoms with Crippen LogP contribution in [0.15, 0.2) is 54.6 Å². The fourth-order valence-corrected chi connectivity index (χ4v) is 1.74. The summed E-state index contributed by atoms with van der Waals surface area (Å²) >= 11 is 0. The third-order valence-corrected chi connectivity index (χ3v) is 2.80. The standard InChI is InChI=1S/C15H16B.2H2O/c1-2-13-8-10-14(11-9-13)12-16-15-6-4-3-5-7-15;;/h3-11H,2,12H2,1H3;2*1H2. The summed E-state index contributed by atoms with van der Waals surface area (Å²) in [5.41, 5.74) is 4.08. The average molecular weight is 243 g/mol. The summed E-state index contributed by atoms with van der Waals surface area (Å²) in [6.45, 7) is 2.19. The molecule has 3 heteroatoms. The van der Waals surface area contributed by atoms with Crippen LogP contribution in [-0.2, 0) is 12.7 Å². The molecule has 0 amide bonds. The number of hydrogen-bond acceptors (Lipinski definition) is 0. The van der Waals surface area contributed by atoms with E-state index in [0.29, 0.717) is 0 Å². The van der Waals surface area contributed by atoms with Crippen LogP contribution in [0.1, 0.15) is 18.1 Å². The van der Waals surface area contributed by atoms with Crippen LogP contribution in [-0.4, -0.2) is 18.2 Å². The van der Waals surface area contributed by atoms with Crippen molar-refractivity contribution in [2.45, 2.75) is 19.7 Å². The number of benzene rings is 2. The minimum absolute atomic E-state index is 0. The quantitative estimate of drug-likeness (QED) is 0.722. The minimum Gasteiger partial charge on any atom is -0.412 e. The second-order valence-electron chi connectivity index (χ2n) is 3.99. The zero-order valence-corrected chi connectivity index (χ0v) is 10.7. The molecule has 0 atom stereocenters.